The molecule has 1 saturated carbocycles. The average Bonchev–Trinajstić information content (AvgIpc) is 3.10. The fraction of sp³-hybridized carbons (Fsp3) is 0.619. The largest absolute Gasteiger partial charge is 0.325 e. The Labute approximate surface area is 193 Å². The van der Waals surface area contributed by atoms with E-state index >= 15 is 0 Å². The van der Waals surface area contributed by atoms with Gasteiger partial charge < -0.3 is 5.32 Å². The number of hydrogen-bond acceptors (Lipinski definition) is 7. The van der Waals surface area contributed by atoms with Crippen LogP contribution in [0.5, 0.6) is 0 Å². The molecule has 4 rings (SSSR count). The SMILES string of the molecule is O=C(CSc1nnnn1C1CCCCC1)Nc1ccc(S(=O)(=O)N2CCCCCC2)cc1. The van der Waals surface area contributed by atoms with Crippen molar-refractivity contribution < 1.29 is 13.2 Å². The van der Waals surface area contributed by atoms with E-state index < -0.39 is 10.0 Å². The number of sulfonamides is 1. The highest BCUT2D eigenvalue weighted by Crippen LogP contribution is 2.30. The Bertz CT molecular complexity index is 995. The van der Waals surface area contributed by atoms with Crippen LogP contribution in [0.4, 0.5) is 5.69 Å². The summed E-state index contributed by atoms with van der Waals surface area (Å²) in [5.41, 5.74) is 0.567. The first kappa shape index (κ1) is 23.2. The number of nitrogens with zero attached hydrogens (tertiary/aromatic N) is 5. The van der Waals surface area contributed by atoms with Crippen LogP contribution in [-0.2, 0) is 14.8 Å². The molecule has 11 heteroatoms. The molecule has 174 valence electrons. The third-order valence-electron chi connectivity index (χ3n) is 6.06. The maximum atomic E-state index is 12.9. The van der Waals surface area contributed by atoms with Gasteiger partial charge in [-0.15, -0.1) is 5.10 Å². The maximum absolute atomic E-state index is 12.9. The number of hydrogen-bond donors (Lipinski definition) is 1. The standard InChI is InChI=1S/C21H30N6O3S2/c28-20(16-31-21-23-24-25-27(21)18-8-4-3-5-9-18)22-17-10-12-19(13-11-17)32(29,30)26-14-6-1-2-7-15-26/h10-13,18H,1-9,14-16H2,(H,22,28). The summed E-state index contributed by atoms with van der Waals surface area (Å²) in [5, 5.41) is 15.5. The fourth-order valence-electron chi connectivity index (χ4n) is 4.30. The molecule has 1 aliphatic carbocycles. The van der Waals surface area contributed by atoms with E-state index in [9.17, 15) is 13.2 Å². The van der Waals surface area contributed by atoms with Crippen molar-refractivity contribution in [3.8, 4) is 0 Å². The van der Waals surface area contributed by atoms with Gasteiger partial charge >= 0.3 is 0 Å². The van der Waals surface area contributed by atoms with Gasteiger partial charge in [-0.05, 0) is 60.4 Å². The number of aromatic nitrogens is 4. The molecule has 2 heterocycles. The summed E-state index contributed by atoms with van der Waals surface area (Å²) in [6.07, 6.45) is 9.68. The highest BCUT2D eigenvalue weighted by atomic mass is 32.2. The molecule has 1 N–H and O–H groups in total. The fourth-order valence-corrected chi connectivity index (χ4v) is 6.57. The molecule has 1 aliphatic heterocycles. The molecule has 1 aromatic heterocycles. The Morgan fingerprint density at radius 3 is 2.34 bits per heavy atom. The Morgan fingerprint density at radius 2 is 1.66 bits per heavy atom. The van der Waals surface area contributed by atoms with Crippen LogP contribution < -0.4 is 5.32 Å². The number of tetrazole rings is 1. The molecule has 0 bridgehead atoms. The van der Waals surface area contributed by atoms with Gasteiger partial charge in [0.2, 0.25) is 21.1 Å². The van der Waals surface area contributed by atoms with Crippen molar-refractivity contribution in [2.24, 2.45) is 0 Å². The third-order valence-corrected chi connectivity index (χ3v) is 8.90. The number of anilines is 1. The molecule has 2 aliphatic rings. The second kappa shape index (κ2) is 10.8. The summed E-state index contributed by atoms with van der Waals surface area (Å²) < 4.78 is 29.2. The molecule has 0 unspecified atom stereocenters. The zero-order valence-corrected chi connectivity index (χ0v) is 19.8. The molecule has 32 heavy (non-hydrogen) atoms. The summed E-state index contributed by atoms with van der Waals surface area (Å²) >= 11 is 1.32. The van der Waals surface area contributed by atoms with Crippen molar-refractivity contribution in [3.05, 3.63) is 24.3 Å². The average molecular weight is 479 g/mol. The molecule has 0 atom stereocenters. The van der Waals surface area contributed by atoms with E-state index in [1.807, 2.05) is 4.68 Å². The van der Waals surface area contributed by atoms with Crippen LogP contribution in [0.3, 0.4) is 0 Å². The Hall–Kier alpha value is -1.98. The zero-order valence-electron chi connectivity index (χ0n) is 18.1. The molecular formula is C21H30N6O3S2. The predicted molar refractivity (Wildman–Crippen MR) is 123 cm³/mol. The number of rotatable bonds is 7. The van der Waals surface area contributed by atoms with Gasteiger partial charge in [0, 0.05) is 18.8 Å². The maximum Gasteiger partial charge on any atom is 0.243 e. The van der Waals surface area contributed by atoms with Gasteiger partial charge in [-0.3, -0.25) is 4.79 Å². The van der Waals surface area contributed by atoms with Gasteiger partial charge in [0.15, 0.2) is 0 Å². The summed E-state index contributed by atoms with van der Waals surface area (Å²) in [7, 11) is -3.49. The molecule has 2 aromatic rings. The van der Waals surface area contributed by atoms with Crippen molar-refractivity contribution in [1.29, 1.82) is 0 Å². The Morgan fingerprint density at radius 1 is 1.00 bits per heavy atom. The second-order valence-corrected chi connectivity index (χ2v) is 11.3. The van der Waals surface area contributed by atoms with Crippen LogP contribution in [0.2, 0.25) is 0 Å². The molecule has 1 aromatic carbocycles. The third kappa shape index (κ3) is 5.68. The van der Waals surface area contributed by atoms with Gasteiger partial charge in [-0.2, -0.15) is 4.31 Å². The van der Waals surface area contributed by atoms with Crippen LogP contribution in [0, 0.1) is 0 Å². The van der Waals surface area contributed by atoms with Crippen LogP contribution in [0.1, 0.15) is 63.8 Å². The molecule has 9 nitrogen and oxygen atoms in total. The molecular weight excluding hydrogens is 448 g/mol. The van der Waals surface area contributed by atoms with Crippen molar-refractivity contribution in [1.82, 2.24) is 24.5 Å². The zero-order chi connectivity index (χ0) is 22.4. The number of amides is 1. The number of nitrogens with one attached hydrogen (secondary N) is 1. The number of carbonyl (C=O) groups excluding carboxylic acids is 1. The highest BCUT2D eigenvalue weighted by molar-refractivity contribution is 7.99. The smallest absolute Gasteiger partial charge is 0.243 e. The van der Waals surface area contributed by atoms with Crippen LogP contribution >= 0.6 is 11.8 Å². The first-order valence-electron chi connectivity index (χ1n) is 11.3. The van der Waals surface area contributed by atoms with E-state index in [0.29, 0.717) is 30.0 Å². The lowest BCUT2D eigenvalue weighted by atomic mass is 9.96. The minimum atomic E-state index is -3.49. The van der Waals surface area contributed by atoms with E-state index in [-0.39, 0.29) is 16.6 Å². The lowest BCUT2D eigenvalue weighted by molar-refractivity contribution is -0.113. The number of carbonyl (C=O) groups is 1. The lowest BCUT2D eigenvalue weighted by Gasteiger charge is -2.21. The number of thioether (sulfide) groups is 1. The summed E-state index contributed by atoms with van der Waals surface area (Å²) in [6.45, 7) is 1.14. The topological polar surface area (TPSA) is 110 Å². The minimum Gasteiger partial charge on any atom is -0.325 e. The van der Waals surface area contributed by atoms with Crippen molar-refractivity contribution >= 4 is 33.4 Å². The van der Waals surface area contributed by atoms with Crippen LogP contribution in [-0.4, -0.2) is 57.7 Å². The normalized spacial score (nSPS) is 18.9. The summed E-state index contributed by atoms with van der Waals surface area (Å²) in [4.78, 5) is 12.7. The van der Waals surface area contributed by atoms with Crippen molar-refractivity contribution in [2.45, 2.75) is 73.9 Å². The van der Waals surface area contributed by atoms with E-state index in [2.05, 4.69) is 20.8 Å². The van der Waals surface area contributed by atoms with Crippen molar-refractivity contribution in [3.63, 3.8) is 0 Å². The van der Waals surface area contributed by atoms with Crippen LogP contribution in [0.15, 0.2) is 34.3 Å². The monoisotopic (exact) mass is 478 g/mol. The molecule has 1 amide bonds. The van der Waals surface area contributed by atoms with Gasteiger partial charge in [0.05, 0.1) is 16.7 Å². The van der Waals surface area contributed by atoms with Gasteiger partial charge in [-0.25, -0.2) is 13.1 Å². The quantitative estimate of drug-likeness (QED) is 0.607. The Balaban J connectivity index is 1.32. The van der Waals surface area contributed by atoms with E-state index in [1.165, 1.54) is 31.0 Å². The van der Waals surface area contributed by atoms with Crippen molar-refractivity contribution in [2.75, 3.05) is 24.2 Å². The van der Waals surface area contributed by atoms with Crippen LogP contribution in [0.25, 0.3) is 0 Å². The van der Waals surface area contributed by atoms with E-state index in [4.69, 9.17) is 0 Å². The predicted octanol–water partition coefficient (Wildman–Crippen LogP) is 3.47. The number of benzene rings is 1. The van der Waals surface area contributed by atoms with Gasteiger partial charge in [0.1, 0.15) is 0 Å². The van der Waals surface area contributed by atoms with E-state index in [0.717, 1.165) is 38.5 Å². The molecule has 0 spiro atoms. The molecule has 0 radical (unpaired) electrons. The summed E-state index contributed by atoms with van der Waals surface area (Å²) in [6, 6.07) is 6.71. The Kier molecular flexibility index (Phi) is 7.80. The van der Waals surface area contributed by atoms with Gasteiger partial charge in [0.25, 0.3) is 0 Å². The summed E-state index contributed by atoms with van der Waals surface area (Å²) in [5.74, 6) is -0.00249. The van der Waals surface area contributed by atoms with Gasteiger partial charge in [-0.1, -0.05) is 43.9 Å². The minimum absolute atomic E-state index is 0.181. The second-order valence-electron chi connectivity index (χ2n) is 8.38. The first-order valence-corrected chi connectivity index (χ1v) is 13.8. The molecule has 1 saturated heterocycles. The highest BCUT2D eigenvalue weighted by Gasteiger charge is 2.25. The van der Waals surface area contributed by atoms with E-state index in [1.54, 1.807) is 28.6 Å². The lowest BCUT2D eigenvalue weighted by Crippen LogP contribution is -2.31. The first-order chi connectivity index (χ1) is 15.5. The molecule has 2 fully saturated rings.